The van der Waals surface area contributed by atoms with Gasteiger partial charge in [0.2, 0.25) is 11.8 Å². The average molecular weight is 981 g/mol. The van der Waals surface area contributed by atoms with Gasteiger partial charge in [-0.1, -0.05) is 95.2 Å². The van der Waals surface area contributed by atoms with E-state index >= 15 is 0 Å². The van der Waals surface area contributed by atoms with Crippen LogP contribution in [0.15, 0.2) is 118 Å². The van der Waals surface area contributed by atoms with Gasteiger partial charge in [-0.2, -0.15) is 0 Å². The molecule has 0 saturated carbocycles. The summed E-state index contributed by atoms with van der Waals surface area (Å²) >= 11 is 0. The first-order valence-electron chi connectivity index (χ1n) is 22.9. The quantitative estimate of drug-likeness (QED) is 0.0206. The summed E-state index contributed by atoms with van der Waals surface area (Å²) in [5.74, 6) is -2.97. The molecule has 4 atom stereocenters. The monoisotopic (exact) mass is 981 g/mol. The molecule has 0 bridgehead atoms. The lowest BCUT2D eigenvalue weighted by molar-refractivity contribution is -0.145. The van der Waals surface area contributed by atoms with E-state index in [0.29, 0.717) is 37.3 Å². The third kappa shape index (κ3) is 22.8. The molecule has 22 heteroatoms. The molecule has 22 nitrogen and oxygen atoms in total. The van der Waals surface area contributed by atoms with Crippen LogP contribution in [0.1, 0.15) is 59.1 Å². The maximum atomic E-state index is 13.2. The number of urea groups is 2. The Hall–Kier alpha value is -7.34. The van der Waals surface area contributed by atoms with Crippen LogP contribution >= 0.6 is 0 Å². The average Bonchev–Trinajstić information content (AvgIpc) is 3.33. The number of methoxy groups -OCH3 is 1. The number of ether oxygens (including phenoxy) is 1. The van der Waals surface area contributed by atoms with Gasteiger partial charge in [-0.3, -0.25) is 20.2 Å². The molecule has 4 aromatic rings. The van der Waals surface area contributed by atoms with E-state index in [1.807, 2.05) is 107 Å². The number of carboxylic acid groups (broad SMARTS) is 1. The highest BCUT2D eigenvalue weighted by Gasteiger charge is 2.29. The van der Waals surface area contributed by atoms with E-state index in [1.54, 1.807) is 18.2 Å². The number of nitrogens with one attached hydrogen (secondary N) is 6. The Morgan fingerprint density at radius 1 is 0.549 bits per heavy atom. The molecular formula is C49H68N14O8. The summed E-state index contributed by atoms with van der Waals surface area (Å²) in [5.41, 5.74) is 28.1. The number of hydrogen-bond acceptors (Lipinski definition) is 15. The van der Waals surface area contributed by atoms with Gasteiger partial charge in [-0.15, -0.1) is 10.2 Å². The Morgan fingerprint density at radius 3 is 1.32 bits per heavy atom. The molecule has 6 amide bonds. The van der Waals surface area contributed by atoms with E-state index in [1.165, 1.54) is 7.11 Å². The summed E-state index contributed by atoms with van der Waals surface area (Å²) < 4.78 is 4.83. The van der Waals surface area contributed by atoms with E-state index in [9.17, 15) is 33.9 Å². The van der Waals surface area contributed by atoms with Crippen molar-refractivity contribution in [2.75, 3.05) is 20.2 Å². The van der Waals surface area contributed by atoms with Gasteiger partial charge >= 0.3 is 24.0 Å². The molecule has 15 N–H and O–H groups in total. The molecule has 4 unspecified atom stereocenters. The predicted octanol–water partition coefficient (Wildman–Crippen LogP) is 3.78. The van der Waals surface area contributed by atoms with Gasteiger partial charge in [0, 0.05) is 12.8 Å². The molecule has 0 heterocycles. The van der Waals surface area contributed by atoms with Crippen LogP contribution in [0.5, 0.6) is 0 Å². The maximum absolute atomic E-state index is 13.2. The molecule has 0 aliphatic carbocycles. The van der Waals surface area contributed by atoms with E-state index < -0.39 is 72.6 Å². The Kier molecular flexibility index (Phi) is 25.3. The first kappa shape index (κ1) is 58.0. The summed E-state index contributed by atoms with van der Waals surface area (Å²) in [6.07, 6.45) is 0.306. The van der Waals surface area contributed by atoms with Crippen molar-refractivity contribution in [1.82, 2.24) is 31.9 Å². The van der Waals surface area contributed by atoms with Gasteiger partial charge in [-0.25, -0.2) is 19.2 Å². The molecule has 4 aromatic carbocycles. The van der Waals surface area contributed by atoms with E-state index in [-0.39, 0.29) is 25.7 Å². The van der Waals surface area contributed by atoms with Crippen molar-refractivity contribution in [3.63, 3.8) is 0 Å². The second kappa shape index (κ2) is 31.0. The van der Waals surface area contributed by atoms with Crippen molar-refractivity contribution < 1.29 is 38.6 Å². The summed E-state index contributed by atoms with van der Waals surface area (Å²) in [7, 11) is 1.24. The number of nitrogens with zero attached hydrogens (tertiary/aromatic N) is 4. The summed E-state index contributed by atoms with van der Waals surface area (Å²) in [5, 5.41) is 41.0. The first-order valence-corrected chi connectivity index (χ1v) is 22.9. The Labute approximate surface area is 413 Å². The molecular weight excluding hydrogens is 913 g/mol. The van der Waals surface area contributed by atoms with E-state index in [0.717, 1.165) is 33.4 Å². The van der Waals surface area contributed by atoms with Crippen LogP contribution in [0, 0.1) is 27.7 Å². The van der Waals surface area contributed by atoms with Crippen molar-refractivity contribution in [3.05, 3.63) is 130 Å². The largest absolute Gasteiger partial charge is 0.480 e. The molecule has 0 saturated heterocycles. The second-order valence-corrected chi connectivity index (χ2v) is 16.6. The van der Waals surface area contributed by atoms with Gasteiger partial charge in [0.05, 0.1) is 18.5 Å². The molecule has 0 radical (unpaired) electrons. The van der Waals surface area contributed by atoms with Gasteiger partial charge in [-0.05, 0) is 112 Å². The zero-order chi connectivity index (χ0) is 52.3. The number of nitrogens with two attached hydrogens (primary N) is 4. The molecule has 0 spiro atoms. The number of aliphatic carboxylic acids is 1. The van der Waals surface area contributed by atoms with Crippen molar-refractivity contribution >= 4 is 47.2 Å². The highest BCUT2D eigenvalue weighted by molar-refractivity contribution is 5.91. The normalized spacial score (nSPS) is 12.9. The summed E-state index contributed by atoms with van der Waals surface area (Å²) in [6.45, 7) is 8.36. The van der Waals surface area contributed by atoms with E-state index in [2.05, 4.69) is 52.4 Å². The standard InChI is InChI=1S/C25H35N7O4.C24H33N7O4/c1-16-11-12-17(2)20(14-16)31-32-25(35)30-21(15-18-8-5-4-6-9-18)22(33)29-19(23(34)36-3)10-7-13-28-24(26)27;1-15-10-11-16(2)19(13-15)30-31-24(35)29-20(14-17-7-4-3-5-8-17)21(32)28-18(22(33)34)9-6-12-27-23(25)26/h4-6,8-9,11-12,14,19,21,24,28H,7,10,13,15,26-27H2,1-3H3,(H,29,33)(H,30,35);3-5,7-8,10-11,13,18,20,23,27H,6,9,12,14,25-26H2,1-2H3,(H,28,32)(H,29,35)(H,33,34). The molecule has 0 aromatic heterocycles. The van der Waals surface area contributed by atoms with Crippen molar-refractivity contribution in [2.24, 2.45) is 43.4 Å². The number of carbonyl (C=O) groups excluding carboxylic acids is 5. The lowest BCUT2D eigenvalue weighted by Crippen LogP contribution is -2.52. The number of azo groups is 2. The van der Waals surface area contributed by atoms with Crippen LogP contribution in [0.25, 0.3) is 0 Å². The fourth-order valence-electron chi connectivity index (χ4n) is 6.67. The minimum absolute atomic E-state index is 0.146. The van der Waals surface area contributed by atoms with Crippen LogP contribution in [-0.4, -0.2) is 97.9 Å². The third-order valence-corrected chi connectivity index (χ3v) is 10.5. The van der Waals surface area contributed by atoms with Crippen LogP contribution in [-0.2, 0) is 36.8 Å². The number of rotatable bonds is 24. The number of carboxylic acids is 1. The van der Waals surface area contributed by atoms with Crippen LogP contribution in [0.2, 0.25) is 0 Å². The number of amides is 6. The predicted molar refractivity (Wildman–Crippen MR) is 268 cm³/mol. The minimum atomic E-state index is -1.19. The number of aryl methyl sites for hydroxylation is 4. The maximum Gasteiger partial charge on any atom is 0.360 e. The Morgan fingerprint density at radius 2 is 0.944 bits per heavy atom. The van der Waals surface area contributed by atoms with Gasteiger partial charge in [0.15, 0.2) is 0 Å². The fourth-order valence-corrected chi connectivity index (χ4v) is 6.67. The topological polar surface area (TPSA) is 358 Å². The zero-order valence-electron chi connectivity index (χ0n) is 40.8. The smallest absolute Gasteiger partial charge is 0.360 e. The zero-order valence-corrected chi connectivity index (χ0v) is 40.8. The molecule has 382 valence electrons. The molecule has 4 rings (SSSR count). The van der Waals surface area contributed by atoms with Crippen molar-refractivity contribution in [3.8, 4) is 0 Å². The van der Waals surface area contributed by atoms with E-state index in [4.69, 9.17) is 27.7 Å². The third-order valence-electron chi connectivity index (χ3n) is 10.5. The number of hydrogen-bond donors (Lipinski definition) is 11. The Balaban J connectivity index is 0.000000375. The molecule has 71 heavy (non-hydrogen) atoms. The lowest BCUT2D eigenvalue weighted by atomic mass is 10.0. The number of esters is 1. The number of benzene rings is 4. The SMILES string of the molecule is COC(=O)C(CCCNC(N)N)NC(=O)C(Cc1ccccc1)NC(=O)N=Nc1cc(C)ccc1C.Cc1ccc(C)c(N=NC(=O)NC(Cc2ccccc2)C(=O)NC(CCCNC(N)N)C(=O)O)c1. The van der Waals surface area contributed by atoms with Gasteiger partial charge in [0.1, 0.15) is 36.7 Å². The van der Waals surface area contributed by atoms with Crippen molar-refractivity contribution in [1.29, 1.82) is 0 Å². The second-order valence-electron chi connectivity index (χ2n) is 16.6. The highest BCUT2D eigenvalue weighted by atomic mass is 16.5. The van der Waals surface area contributed by atoms with Crippen LogP contribution < -0.4 is 54.8 Å². The van der Waals surface area contributed by atoms with Gasteiger partial charge < -0.3 is 54.0 Å². The lowest BCUT2D eigenvalue weighted by Gasteiger charge is -2.22. The fraction of sp³-hybridized carbons (Fsp3) is 0.388. The number of carbonyl (C=O) groups is 6. The summed E-state index contributed by atoms with van der Waals surface area (Å²) in [4.78, 5) is 75.2. The Bertz CT molecular complexity index is 2400. The molecule has 0 fully saturated rings. The highest BCUT2D eigenvalue weighted by Crippen LogP contribution is 2.21. The molecule has 0 aliphatic rings. The van der Waals surface area contributed by atoms with Crippen molar-refractivity contribution in [2.45, 2.75) is 103 Å². The molecule has 0 aliphatic heterocycles. The first-order chi connectivity index (χ1) is 33.8. The van der Waals surface area contributed by atoms with Crippen LogP contribution in [0.3, 0.4) is 0 Å². The van der Waals surface area contributed by atoms with Gasteiger partial charge in [0.25, 0.3) is 0 Å². The summed E-state index contributed by atoms with van der Waals surface area (Å²) in [6, 6.07) is 23.8. The minimum Gasteiger partial charge on any atom is -0.480 e. The van der Waals surface area contributed by atoms with Crippen LogP contribution in [0.4, 0.5) is 21.0 Å².